The highest BCUT2D eigenvalue weighted by molar-refractivity contribution is 9.10. The minimum atomic E-state index is -0.333. The molecule has 0 spiro atoms. The first kappa shape index (κ1) is 12.8. The van der Waals surface area contributed by atoms with E-state index in [1.807, 2.05) is 6.07 Å². The Morgan fingerprint density at radius 3 is 2.89 bits per heavy atom. The second kappa shape index (κ2) is 5.06. The van der Waals surface area contributed by atoms with E-state index in [0.29, 0.717) is 10.2 Å². The lowest BCUT2D eigenvalue weighted by Crippen LogP contribution is -2.10. The van der Waals surface area contributed by atoms with Crippen LogP contribution < -0.4 is 5.32 Å². The molecule has 0 bridgehead atoms. The van der Waals surface area contributed by atoms with Gasteiger partial charge in [0.2, 0.25) is 0 Å². The van der Waals surface area contributed by atoms with Crippen molar-refractivity contribution < 1.29 is 9.18 Å². The summed E-state index contributed by atoms with van der Waals surface area (Å²) in [5, 5.41) is 2.80. The molecule has 1 aromatic carbocycles. The zero-order valence-electron chi connectivity index (χ0n) is 10.0. The highest BCUT2D eigenvalue weighted by atomic mass is 79.9. The summed E-state index contributed by atoms with van der Waals surface area (Å²) in [5.74, 6) is -0.466. The van der Waals surface area contributed by atoms with E-state index >= 15 is 0 Å². The number of thiophene rings is 1. The monoisotopic (exact) mass is 339 g/mol. The number of anilines is 1. The summed E-state index contributed by atoms with van der Waals surface area (Å²) < 4.78 is 13.5. The molecule has 1 aliphatic carbocycles. The summed E-state index contributed by atoms with van der Waals surface area (Å²) in [6, 6.07) is 6.19. The van der Waals surface area contributed by atoms with Gasteiger partial charge in [0.05, 0.1) is 10.6 Å². The maximum absolute atomic E-state index is 13.0. The van der Waals surface area contributed by atoms with Crippen LogP contribution >= 0.6 is 27.3 Å². The van der Waals surface area contributed by atoms with Crippen LogP contribution in [0.1, 0.15) is 26.5 Å². The molecule has 1 amide bonds. The van der Waals surface area contributed by atoms with E-state index in [-0.39, 0.29) is 11.7 Å². The fraction of sp³-hybridized carbons (Fsp3) is 0.214. The van der Waals surface area contributed by atoms with Crippen molar-refractivity contribution in [2.45, 2.75) is 19.3 Å². The molecule has 0 fully saturated rings. The van der Waals surface area contributed by atoms with Crippen molar-refractivity contribution in [3.63, 3.8) is 0 Å². The molecule has 0 unspecified atom stereocenters. The van der Waals surface area contributed by atoms with Gasteiger partial charge < -0.3 is 5.32 Å². The van der Waals surface area contributed by atoms with Crippen LogP contribution in [-0.2, 0) is 12.8 Å². The molecule has 3 rings (SSSR count). The maximum atomic E-state index is 13.0. The Hall–Kier alpha value is -1.20. The van der Waals surface area contributed by atoms with Crippen LogP contribution in [0.3, 0.4) is 0 Å². The van der Waals surface area contributed by atoms with E-state index in [4.69, 9.17) is 0 Å². The minimum Gasteiger partial charge on any atom is -0.320 e. The molecular formula is C14H11BrFNOS. The summed E-state index contributed by atoms with van der Waals surface area (Å²) in [4.78, 5) is 14.2. The van der Waals surface area contributed by atoms with E-state index < -0.39 is 0 Å². The Morgan fingerprint density at radius 1 is 1.32 bits per heavy atom. The lowest BCUT2D eigenvalue weighted by molar-refractivity contribution is 0.103. The van der Waals surface area contributed by atoms with E-state index in [0.717, 1.165) is 17.7 Å². The number of benzene rings is 1. The van der Waals surface area contributed by atoms with Gasteiger partial charge in [0.25, 0.3) is 5.91 Å². The third-order valence-corrected chi connectivity index (χ3v) is 5.04. The van der Waals surface area contributed by atoms with Crippen molar-refractivity contribution in [3.8, 4) is 0 Å². The lowest BCUT2D eigenvalue weighted by atomic mass is 10.2. The van der Waals surface area contributed by atoms with Crippen molar-refractivity contribution in [2.24, 2.45) is 0 Å². The van der Waals surface area contributed by atoms with Gasteiger partial charge >= 0.3 is 0 Å². The number of hydrogen-bond donors (Lipinski definition) is 1. The molecule has 0 saturated carbocycles. The molecule has 0 saturated heterocycles. The number of halogens is 2. The molecule has 19 heavy (non-hydrogen) atoms. The van der Waals surface area contributed by atoms with E-state index in [2.05, 4.69) is 21.2 Å². The van der Waals surface area contributed by atoms with Crippen LogP contribution in [0.15, 0.2) is 28.7 Å². The maximum Gasteiger partial charge on any atom is 0.265 e. The van der Waals surface area contributed by atoms with Crippen molar-refractivity contribution >= 4 is 38.9 Å². The zero-order valence-corrected chi connectivity index (χ0v) is 12.4. The first-order valence-corrected chi connectivity index (χ1v) is 7.62. The number of fused-ring (bicyclic) bond motifs is 1. The van der Waals surface area contributed by atoms with Crippen LogP contribution in [0.4, 0.5) is 10.1 Å². The average molecular weight is 340 g/mol. The molecule has 1 aliphatic rings. The fourth-order valence-corrected chi connectivity index (χ4v) is 3.81. The second-order valence-electron chi connectivity index (χ2n) is 4.49. The molecule has 1 N–H and O–H groups in total. The van der Waals surface area contributed by atoms with Gasteiger partial charge in [0.15, 0.2) is 0 Å². The first-order valence-electron chi connectivity index (χ1n) is 6.01. The summed E-state index contributed by atoms with van der Waals surface area (Å²) in [5.41, 5.74) is 1.88. The summed E-state index contributed by atoms with van der Waals surface area (Å²) >= 11 is 4.80. The molecule has 1 heterocycles. The van der Waals surface area contributed by atoms with Gasteiger partial charge in [-0.3, -0.25) is 4.79 Å². The van der Waals surface area contributed by atoms with Crippen LogP contribution in [0.5, 0.6) is 0 Å². The Labute approximate surface area is 122 Å². The normalized spacial score (nSPS) is 13.4. The highest BCUT2D eigenvalue weighted by Crippen LogP contribution is 2.31. The van der Waals surface area contributed by atoms with Gasteiger partial charge in [-0.1, -0.05) is 0 Å². The number of rotatable bonds is 2. The quantitative estimate of drug-likeness (QED) is 0.863. The lowest BCUT2D eigenvalue weighted by Gasteiger charge is -2.06. The molecule has 2 nitrogen and oxygen atoms in total. The van der Waals surface area contributed by atoms with Gasteiger partial charge in [-0.25, -0.2) is 4.39 Å². The SMILES string of the molecule is O=C(Nc1ccc(F)cc1Br)c1cc2c(s1)CCC2. The van der Waals surface area contributed by atoms with Crippen LogP contribution in [-0.4, -0.2) is 5.91 Å². The zero-order chi connectivity index (χ0) is 13.4. The van der Waals surface area contributed by atoms with E-state index in [1.165, 1.54) is 29.0 Å². The standard InChI is InChI=1S/C14H11BrFNOS/c15-10-7-9(16)4-5-11(10)17-14(18)13-6-8-2-1-3-12(8)19-13/h4-7H,1-3H2,(H,17,18). The summed E-state index contributed by atoms with van der Waals surface area (Å²) in [7, 11) is 0. The summed E-state index contributed by atoms with van der Waals surface area (Å²) in [6.45, 7) is 0. The molecule has 0 radical (unpaired) electrons. The van der Waals surface area contributed by atoms with Crippen LogP contribution in [0.2, 0.25) is 0 Å². The van der Waals surface area contributed by atoms with Gasteiger partial charge in [-0.2, -0.15) is 0 Å². The molecule has 98 valence electrons. The highest BCUT2D eigenvalue weighted by Gasteiger charge is 2.18. The Balaban J connectivity index is 1.80. The second-order valence-corrected chi connectivity index (χ2v) is 6.48. The molecule has 2 aromatic rings. The topological polar surface area (TPSA) is 29.1 Å². The minimum absolute atomic E-state index is 0.133. The molecule has 1 aromatic heterocycles. The molecule has 0 atom stereocenters. The average Bonchev–Trinajstić information content (AvgIpc) is 2.93. The number of aryl methyl sites for hydroxylation is 2. The molecule has 0 aliphatic heterocycles. The third-order valence-electron chi connectivity index (χ3n) is 3.15. The summed E-state index contributed by atoms with van der Waals surface area (Å²) in [6.07, 6.45) is 3.33. The first-order chi connectivity index (χ1) is 9.13. The van der Waals surface area contributed by atoms with Gasteiger partial charge in [-0.15, -0.1) is 11.3 Å². The van der Waals surface area contributed by atoms with Crippen molar-refractivity contribution in [2.75, 3.05) is 5.32 Å². The van der Waals surface area contributed by atoms with Gasteiger partial charge in [-0.05, 0) is 65.0 Å². The Bertz CT molecular complexity index is 631. The number of amides is 1. The van der Waals surface area contributed by atoms with E-state index in [1.54, 1.807) is 17.4 Å². The smallest absolute Gasteiger partial charge is 0.265 e. The largest absolute Gasteiger partial charge is 0.320 e. The van der Waals surface area contributed by atoms with Crippen LogP contribution in [0, 0.1) is 5.82 Å². The van der Waals surface area contributed by atoms with Crippen LogP contribution in [0.25, 0.3) is 0 Å². The van der Waals surface area contributed by atoms with Gasteiger partial charge in [0.1, 0.15) is 5.82 Å². The van der Waals surface area contributed by atoms with E-state index in [9.17, 15) is 9.18 Å². The molecule has 5 heteroatoms. The Kier molecular flexibility index (Phi) is 3.41. The van der Waals surface area contributed by atoms with Crippen molar-refractivity contribution in [3.05, 3.63) is 49.9 Å². The van der Waals surface area contributed by atoms with Gasteiger partial charge in [0, 0.05) is 9.35 Å². The fourth-order valence-electron chi connectivity index (χ4n) is 2.22. The number of hydrogen-bond acceptors (Lipinski definition) is 2. The predicted octanol–water partition coefficient (Wildman–Crippen LogP) is 4.39. The molecular weight excluding hydrogens is 329 g/mol. The number of nitrogens with one attached hydrogen (secondary N) is 1. The van der Waals surface area contributed by atoms with Crippen molar-refractivity contribution in [1.29, 1.82) is 0 Å². The third kappa shape index (κ3) is 2.58. The number of carbonyl (C=O) groups is 1. The van der Waals surface area contributed by atoms with Crippen molar-refractivity contribution in [1.82, 2.24) is 0 Å². The Morgan fingerprint density at radius 2 is 2.16 bits per heavy atom. The predicted molar refractivity (Wildman–Crippen MR) is 78.4 cm³/mol. The number of carbonyl (C=O) groups excluding carboxylic acids is 1.